The van der Waals surface area contributed by atoms with Crippen LogP contribution in [-0.2, 0) is 0 Å². The summed E-state index contributed by atoms with van der Waals surface area (Å²) in [5.41, 5.74) is 0.523. The number of benzene rings is 1. The smallest absolute Gasteiger partial charge is 0.406 e. The summed E-state index contributed by atoms with van der Waals surface area (Å²) < 4.78 is 39.4. The maximum Gasteiger partial charge on any atom is 0.573 e. The first-order chi connectivity index (χ1) is 7.94. The predicted octanol–water partition coefficient (Wildman–Crippen LogP) is 1.88. The molecule has 0 fully saturated rings. The molecule has 0 N–H and O–H groups in total. The van der Waals surface area contributed by atoms with E-state index in [4.69, 9.17) is 0 Å². The van der Waals surface area contributed by atoms with E-state index < -0.39 is 6.36 Å². The first kappa shape index (κ1) is 11.2. The van der Waals surface area contributed by atoms with Crippen LogP contribution in [0, 0.1) is 7.05 Å². The summed E-state index contributed by atoms with van der Waals surface area (Å²) in [4.78, 5) is 1.01. The molecule has 0 bridgehead atoms. The van der Waals surface area contributed by atoms with Gasteiger partial charge < -0.3 is 9.53 Å². The number of tetrazole rings is 1. The zero-order valence-electron chi connectivity index (χ0n) is 8.35. The Kier molecular flexibility index (Phi) is 2.62. The average Bonchev–Trinajstić information content (AvgIpc) is 2.63. The summed E-state index contributed by atoms with van der Waals surface area (Å²) in [6.45, 7) is 0. The molecular weight excluding hydrogens is 237 g/mol. The summed E-state index contributed by atoms with van der Waals surface area (Å²) in [5, 5.41) is 11.0. The molecule has 5 nitrogen and oxygen atoms in total. The molecule has 2 rings (SSSR count). The van der Waals surface area contributed by atoms with E-state index in [1.165, 1.54) is 24.3 Å². The van der Waals surface area contributed by atoms with Crippen molar-refractivity contribution in [1.29, 1.82) is 0 Å². The van der Waals surface area contributed by atoms with Crippen LogP contribution in [0.15, 0.2) is 24.3 Å². The molecular formula is C9H6F3N4O-. The van der Waals surface area contributed by atoms with E-state index in [0.717, 1.165) is 4.80 Å². The molecule has 1 heterocycles. The zero-order valence-corrected chi connectivity index (χ0v) is 8.35. The van der Waals surface area contributed by atoms with Gasteiger partial charge in [0.1, 0.15) is 5.75 Å². The lowest BCUT2D eigenvalue weighted by Crippen LogP contribution is -2.16. The summed E-state index contributed by atoms with van der Waals surface area (Å²) in [5.74, 6) is -0.0261. The number of alkyl halides is 3. The van der Waals surface area contributed by atoms with Crippen molar-refractivity contribution in [3.63, 3.8) is 0 Å². The van der Waals surface area contributed by atoms with Crippen molar-refractivity contribution >= 4 is 0 Å². The zero-order chi connectivity index (χ0) is 12.5. The fourth-order valence-corrected chi connectivity index (χ4v) is 1.16. The standard InChI is InChI=1S/C9H6F3N4O/c1-16-14-8(13-15-16)6-2-4-7(5-3-6)17-9(10,11)12/h2-5H,1H2/q-1. The molecule has 0 aliphatic heterocycles. The van der Waals surface area contributed by atoms with E-state index in [2.05, 4.69) is 27.2 Å². The van der Waals surface area contributed by atoms with Crippen LogP contribution in [0.3, 0.4) is 0 Å². The van der Waals surface area contributed by atoms with Gasteiger partial charge >= 0.3 is 6.36 Å². The van der Waals surface area contributed by atoms with E-state index in [9.17, 15) is 13.2 Å². The minimum atomic E-state index is -4.70. The SMILES string of the molecule is [CH2-]n1nnc(-c2ccc(OC(F)(F)F)cc2)n1. The van der Waals surface area contributed by atoms with Gasteiger partial charge in [0.15, 0.2) is 0 Å². The predicted molar refractivity (Wildman–Crippen MR) is 50.7 cm³/mol. The first-order valence-electron chi connectivity index (χ1n) is 4.41. The molecule has 0 amide bonds. The number of nitrogens with zero attached hydrogens (tertiary/aromatic N) is 4. The van der Waals surface area contributed by atoms with E-state index in [1.807, 2.05) is 0 Å². The molecule has 90 valence electrons. The van der Waals surface area contributed by atoms with Gasteiger partial charge in [-0.25, -0.2) is 0 Å². The van der Waals surface area contributed by atoms with Crippen LogP contribution in [0.2, 0.25) is 0 Å². The minimum absolute atomic E-state index is 0.276. The van der Waals surface area contributed by atoms with Crippen LogP contribution in [0.1, 0.15) is 0 Å². The molecule has 0 atom stereocenters. The maximum absolute atomic E-state index is 11.9. The van der Waals surface area contributed by atoms with Crippen molar-refractivity contribution in [2.45, 2.75) is 6.36 Å². The normalized spacial score (nSPS) is 11.5. The Morgan fingerprint density at radius 3 is 2.29 bits per heavy atom. The van der Waals surface area contributed by atoms with Crippen LogP contribution < -0.4 is 4.74 Å². The molecule has 0 saturated heterocycles. The lowest BCUT2D eigenvalue weighted by Gasteiger charge is -2.08. The number of ether oxygens (including phenoxy) is 1. The Hall–Kier alpha value is -2.25. The summed E-state index contributed by atoms with van der Waals surface area (Å²) in [7, 11) is 3.39. The summed E-state index contributed by atoms with van der Waals surface area (Å²) in [6, 6.07) is 5.15. The number of hydrogen-bond acceptors (Lipinski definition) is 4. The van der Waals surface area contributed by atoms with E-state index in [-0.39, 0.29) is 11.6 Å². The topological polar surface area (TPSA) is 52.8 Å². The van der Waals surface area contributed by atoms with Gasteiger partial charge in [0.05, 0.1) is 0 Å². The molecule has 0 spiro atoms. The van der Waals surface area contributed by atoms with Gasteiger partial charge in [-0.2, -0.15) is 5.10 Å². The number of hydrogen-bond donors (Lipinski definition) is 0. The van der Waals surface area contributed by atoms with Crippen LogP contribution in [0.5, 0.6) is 5.75 Å². The first-order valence-corrected chi connectivity index (χ1v) is 4.41. The molecule has 8 heteroatoms. The lowest BCUT2D eigenvalue weighted by molar-refractivity contribution is -0.274. The van der Waals surface area contributed by atoms with Gasteiger partial charge in [0.25, 0.3) is 0 Å². The fourth-order valence-electron chi connectivity index (χ4n) is 1.16. The molecule has 1 aromatic heterocycles. The highest BCUT2D eigenvalue weighted by Crippen LogP contribution is 2.24. The Balaban J connectivity index is 2.19. The third kappa shape index (κ3) is 2.86. The third-order valence-corrected chi connectivity index (χ3v) is 1.80. The molecule has 0 unspecified atom stereocenters. The van der Waals surface area contributed by atoms with Gasteiger partial charge in [0, 0.05) is 5.56 Å². The van der Waals surface area contributed by atoms with Gasteiger partial charge in [-0.15, -0.1) is 18.3 Å². The minimum Gasteiger partial charge on any atom is -0.406 e. The van der Waals surface area contributed by atoms with Crippen molar-refractivity contribution in [3.8, 4) is 17.1 Å². The molecule has 1 aromatic carbocycles. The molecule has 0 aliphatic carbocycles. The number of halogens is 3. The molecule has 0 saturated carbocycles. The lowest BCUT2D eigenvalue weighted by atomic mass is 10.2. The Labute approximate surface area is 93.8 Å². The molecule has 0 aliphatic rings. The van der Waals surface area contributed by atoms with Gasteiger partial charge in [0.2, 0.25) is 5.82 Å². The van der Waals surface area contributed by atoms with Gasteiger partial charge in [-0.05, 0) is 24.3 Å². The second-order valence-corrected chi connectivity index (χ2v) is 3.06. The molecule has 2 aromatic rings. The highest BCUT2D eigenvalue weighted by molar-refractivity contribution is 5.55. The van der Waals surface area contributed by atoms with Crippen molar-refractivity contribution in [3.05, 3.63) is 31.3 Å². The Bertz CT molecular complexity index is 506. The largest absolute Gasteiger partial charge is 0.573 e. The monoisotopic (exact) mass is 243 g/mol. The highest BCUT2D eigenvalue weighted by atomic mass is 19.4. The third-order valence-electron chi connectivity index (χ3n) is 1.80. The van der Waals surface area contributed by atoms with Crippen molar-refractivity contribution in [1.82, 2.24) is 20.2 Å². The summed E-state index contributed by atoms with van der Waals surface area (Å²) in [6.07, 6.45) is -4.70. The van der Waals surface area contributed by atoms with Crippen LogP contribution >= 0.6 is 0 Å². The Morgan fingerprint density at radius 2 is 1.82 bits per heavy atom. The van der Waals surface area contributed by atoms with Gasteiger partial charge in [-0.3, -0.25) is 7.05 Å². The number of aromatic nitrogens is 4. The second-order valence-electron chi connectivity index (χ2n) is 3.06. The summed E-state index contributed by atoms with van der Waals surface area (Å²) >= 11 is 0. The van der Waals surface area contributed by atoms with Crippen molar-refractivity contribution in [2.75, 3.05) is 0 Å². The van der Waals surface area contributed by atoms with Crippen LogP contribution in [-0.4, -0.2) is 26.6 Å². The van der Waals surface area contributed by atoms with E-state index in [0.29, 0.717) is 5.56 Å². The molecule has 0 radical (unpaired) electrons. The van der Waals surface area contributed by atoms with E-state index in [1.54, 1.807) is 0 Å². The quantitative estimate of drug-likeness (QED) is 0.755. The maximum atomic E-state index is 11.9. The molecule has 17 heavy (non-hydrogen) atoms. The van der Waals surface area contributed by atoms with Crippen molar-refractivity contribution in [2.24, 2.45) is 0 Å². The number of rotatable bonds is 2. The fraction of sp³-hybridized carbons (Fsp3) is 0.111. The van der Waals surface area contributed by atoms with Crippen LogP contribution in [0.4, 0.5) is 13.2 Å². The van der Waals surface area contributed by atoms with E-state index >= 15 is 0 Å². The Morgan fingerprint density at radius 1 is 1.18 bits per heavy atom. The van der Waals surface area contributed by atoms with Crippen LogP contribution in [0.25, 0.3) is 11.4 Å². The van der Waals surface area contributed by atoms with Crippen molar-refractivity contribution < 1.29 is 17.9 Å². The highest BCUT2D eigenvalue weighted by Gasteiger charge is 2.30. The second kappa shape index (κ2) is 3.96. The average molecular weight is 243 g/mol. The van der Waals surface area contributed by atoms with Gasteiger partial charge in [-0.1, -0.05) is 5.21 Å².